The second kappa shape index (κ2) is 3.38. The van der Waals surface area contributed by atoms with Gasteiger partial charge in [0.2, 0.25) is 12.4 Å². The Labute approximate surface area is 107 Å². The molecule has 0 amide bonds. The zero-order chi connectivity index (χ0) is 12.3. The van der Waals surface area contributed by atoms with Gasteiger partial charge in [0.05, 0.1) is 11.6 Å². The van der Waals surface area contributed by atoms with E-state index in [1.807, 2.05) is 0 Å². The van der Waals surface area contributed by atoms with Gasteiger partial charge in [-0.1, -0.05) is 6.07 Å². The molecule has 0 N–H and O–H groups in total. The van der Waals surface area contributed by atoms with E-state index in [-0.39, 0.29) is 0 Å². The molecule has 0 spiro atoms. The van der Waals surface area contributed by atoms with Crippen molar-refractivity contribution in [3.8, 4) is 17.0 Å². The van der Waals surface area contributed by atoms with Crippen LogP contribution in [0, 0.1) is 6.92 Å². The van der Waals surface area contributed by atoms with Crippen LogP contribution in [0.15, 0.2) is 36.5 Å². The van der Waals surface area contributed by atoms with E-state index in [2.05, 4.69) is 55.1 Å². The van der Waals surface area contributed by atoms with E-state index < -0.39 is 0 Å². The molecule has 2 aromatic rings. The Bertz CT molecular complexity index is 653. The Morgan fingerprint density at radius 3 is 3.06 bits per heavy atom. The summed E-state index contributed by atoms with van der Waals surface area (Å²) in [5.74, 6) is 1.10. The summed E-state index contributed by atoms with van der Waals surface area (Å²) in [4.78, 5) is 0. The van der Waals surface area contributed by atoms with Gasteiger partial charge < -0.3 is 4.74 Å². The topological polar surface area (TPSA) is 13.1 Å². The molecular weight excluding hydrogens is 221 g/mol. The molecule has 1 aromatic carbocycles. The lowest BCUT2D eigenvalue weighted by Crippen LogP contribution is -2.30. The van der Waals surface area contributed by atoms with Crippen LogP contribution in [0.4, 0.5) is 0 Å². The number of fused-ring (bicyclic) bond motifs is 3. The van der Waals surface area contributed by atoms with Crippen molar-refractivity contribution in [2.75, 3.05) is 0 Å². The van der Waals surface area contributed by atoms with Crippen LogP contribution in [0.3, 0.4) is 0 Å². The van der Waals surface area contributed by atoms with Crippen LogP contribution in [0.5, 0.6) is 5.75 Å². The van der Waals surface area contributed by atoms with Crippen LogP contribution in [-0.4, -0.2) is 12.7 Å². The highest BCUT2D eigenvalue weighted by molar-refractivity contribution is 6.85. The van der Waals surface area contributed by atoms with E-state index in [9.17, 15) is 0 Å². The number of benzene rings is 1. The minimum atomic E-state index is 0.471. The largest absolute Gasteiger partial charge is 0.500 e. The van der Waals surface area contributed by atoms with E-state index in [1.165, 1.54) is 28.6 Å². The van der Waals surface area contributed by atoms with E-state index >= 15 is 0 Å². The fourth-order valence-electron chi connectivity index (χ4n) is 2.97. The van der Waals surface area contributed by atoms with Crippen LogP contribution in [0.1, 0.15) is 5.56 Å². The van der Waals surface area contributed by atoms with Gasteiger partial charge in [-0.15, -0.1) is 0 Å². The van der Waals surface area contributed by atoms with Gasteiger partial charge in [0, 0.05) is 12.1 Å². The lowest BCUT2D eigenvalue weighted by molar-refractivity contribution is -0.660. The Balaban J connectivity index is 1.90. The Hall–Kier alpha value is -1.77. The molecule has 4 rings (SSSR count). The molecule has 0 aliphatic carbocycles. The van der Waals surface area contributed by atoms with Gasteiger partial charge in [-0.25, -0.2) is 4.57 Å². The third-order valence-electron chi connectivity index (χ3n) is 4.10. The summed E-state index contributed by atoms with van der Waals surface area (Å²) in [6.07, 6.45) is 3.30. The fraction of sp³-hybridized carbons (Fsp3) is 0.267. The smallest absolute Gasteiger partial charge is 0.231 e. The second-order valence-electron chi connectivity index (χ2n) is 5.40. The lowest BCUT2D eigenvalue weighted by atomic mass is 9.63. The molecule has 0 bridgehead atoms. The maximum Gasteiger partial charge on any atom is 0.231 e. The molecule has 2 aliphatic rings. The number of rotatable bonds is 1. The molecule has 88 valence electrons. The molecule has 2 aliphatic heterocycles. The summed E-state index contributed by atoms with van der Waals surface area (Å²) in [6.45, 7) is 2.87. The number of aromatic nitrogens is 1. The predicted molar refractivity (Wildman–Crippen MR) is 72.4 cm³/mol. The summed E-state index contributed by atoms with van der Waals surface area (Å²) in [7, 11) is 2.08. The average Bonchev–Trinajstić information content (AvgIpc) is 3.04. The number of hydrogen-bond acceptors (Lipinski definition) is 1. The third kappa shape index (κ3) is 1.33. The van der Waals surface area contributed by atoms with Crippen LogP contribution >= 0.6 is 0 Å². The quantitative estimate of drug-likeness (QED) is 0.540. The Morgan fingerprint density at radius 1 is 1.33 bits per heavy atom. The molecular formula is C15H15BNO+. The standard InChI is InChI=1S/C15H15BNO/c1-10-7-12-14(18-15-9-16(12)15)8-11(10)13-5-3-4-6-17(13)2/h3-8,15H,9H2,1-2H3/q+1. The zero-order valence-electron chi connectivity index (χ0n) is 10.7. The second-order valence-corrected chi connectivity index (χ2v) is 5.40. The van der Waals surface area contributed by atoms with E-state index in [1.54, 1.807) is 0 Å². The summed E-state index contributed by atoms with van der Waals surface area (Å²) in [5, 5.41) is 0. The first-order valence-corrected chi connectivity index (χ1v) is 6.50. The Morgan fingerprint density at radius 2 is 2.22 bits per heavy atom. The minimum Gasteiger partial charge on any atom is -0.500 e. The lowest BCUT2D eigenvalue weighted by Gasteiger charge is -2.09. The van der Waals surface area contributed by atoms with Gasteiger partial charge in [0.1, 0.15) is 12.8 Å². The normalized spacial score (nSPS) is 19.2. The molecule has 3 heterocycles. The third-order valence-corrected chi connectivity index (χ3v) is 4.10. The summed E-state index contributed by atoms with van der Waals surface area (Å²) < 4.78 is 8.09. The molecule has 18 heavy (non-hydrogen) atoms. The van der Waals surface area contributed by atoms with Crippen molar-refractivity contribution in [2.24, 2.45) is 7.05 Å². The monoisotopic (exact) mass is 236 g/mol. The zero-order valence-corrected chi connectivity index (χ0v) is 10.7. The molecule has 1 saturated heterocycles. The van der Waals surface area contributed by atoms with Crippen molar-refractivity contribution >= 4 is 12.2 Å². The molecule has 1 unspecified atom stereocenters. The van der Waals surface area contributed by atoms with Crippen molar-refractivity contribution in [2.45, 2.75) is 19.2 Å². The Kier molecular flexibility index (Phi) is 1.91. The summed E-state index contributed by atoms with van der Waals surface area (Å²) in [6, 6.07) is 11.3. The van der Waals surface area contributed by atoms with Gasteiger partial charge in [0.25, 0.3) is 0 Å². The first-order valence-electron chi connectivity index (χ1n) is 6.50. The van der Waals surface area contributed by atoms with Crippen LogP contribution in [0.2, 0.25) is 6.32 Å². The van der Waals surface area contributed by atoms with E-state index in [4.69, 9.17) is 4.74 Å². The maximum atomic E-state index is 5.93. The van der Waals surface area contributed by atoms with Gasteiger partial charge in [-0.2, -0.15) is 0 Å². The van der Waals surface area contributed by atoms with Gasteiger partial charge in [-0.05, 0) is 36.4 Å². The SMILES string of the molecule is Cc1cc2c(cc1-c1cccc[n+]1C)OC1CB21. The maximum absolute atomic E-state index is 5.93. The number of ether oxygens (including phenoxy) is 1. The van der Waals surface area contributed by atoms with E-state index in [0.29, 0.717) is 12.7 Å². The molecule has 1 aromatic heterocycles. The molecule has 0 saturated carbocycles. The number of nitrogens with zero attached hydrogens (tertiary/aromatic N) is 1. The highest BCUT2D eigenvalue weighted by Gasteiger charge is 2.51. The average molecular weight is 236 g/mol. The van der Waals surface area contributed by atoms with Gasteiger partial charge in [0.15, 0.2) is 6.20 Å². The molecule has 0 radical (unpaired) electrons. The minimum absolute atomic E-state index is 0.471. The highest BCUT2D eigenvalue weighted by Crippen LogP contribution is 2.38. The van der Waals surface area contributed by atoms with Crippen molar-refractivity contribution in [3.63, 3.8) is 0 Å². The van der Waals surface area contributed by atoms with Crippen LogP contribution in [0.25, 0.3) is 11.3 Å². The first-order chi connectivity index (χ1) is 8.74. The number of hydrogen-bond donors (Lipinski definition) is 0. The first kappa shape index (κ1) is 10.2. The number of aryl methyl sites for hydroxylation is 2. The molecule has 2 nitrogen and oxygen atoms in total. The van der Waals surface area contributed by atoms with Crippen LogP contribution in [-0.2, 0) is 7.05 Å². The van der Waals surface area contributed by atoms with Gasteiger partial charge >= 0.3 is 0 Å². The summed E-state index contributed by atoms with van der Waals surface area (Å²) >= 11 is 0. The van der Waals surface area contributed by atoms with Crippen molar-refractivity contribution in [3.05, 3.63) is 42.1 Å². The van der Waals surface area contributed by atoms with Crippen molar-refractivity contribution in [1.29, 1.82) is 0 Å². The summed E-state index contributed by atoms with van der Waals surface area (Å²) in [5.41, 5.74) is 5.27. The van der Waals surface area contributed by atoms with Crippen LogP contribution < -0.4 is 14.8 Å². The highest BCUT2D eigenvalue weighted by atomic mass is 16.5. The molecule has 3 heteroatoms. The molecule has 1 atom stereocenters. The predicted octanol–water partition coefficient (Wildman–Crippen LogP) is 1.50. The van der Waals surface area contributed by atoms with E-state index in [0.717, 1.165) is 5.75 Å². The van der Waals surface area contributed by atoms with Crippen molar-refractivity contribution < 1.29 is 9.30 Å². The van der Waals surface area contributed by atoms with Crippen molar-refractivity contribution in [1.82, 2.24) is 0 Å². The fourth-order valence-corrected chi connectivity index (χ4v) is 2.97. The van der Waals surface area contributed by atoms with Gasteiger partial charge in [-0.3, -0.25) is 0 Å². The molecule has 1 fully saturated rings. The number of pyridine rings is 1.